The molecule has 1 saturated heterocycles. The lowest BCUT2D eigenvalue weighted by Gasteiger charge is -2.33. The molecule has 2 heterocycles. The smallest absolute Gasteiger partial charge is 0.161 e. The zero-order valence-corrected chi connectivity index (χ0v) is 17.7. The fourth-order valence-electron chi connectivity index (χ4n) is 4.78. The highest BCUT2D eigenvalue weighted by Gasteiger charge is 2.25. The van der Waals surface area contributed by atoms with Crippen molar-refractivity contribution in [1.82, 2.24) is 4.90 Å². The van der Waals surface area contributed by atoms with Gasteiger partial charge < -0.3 is 19.1 Å². The zero-order chi connectivity index (χ0) is 20.1. The number of likely N-dealkylation sites (tertiary alicyclic amines) is 1. The second-order valence-corrected chi connectivity index (χ2v) is 8.18. The number of methoxy groups -OCH3 is 2. The number of ether oxygens (including phenoxy) is 3. The number of rotatable bonds is 6. The summed E-state index contributed by atoms with van der Waals surface area (Å²) >= 11 is 0. The first-order valence-electron chi connectivity index (χ1n) is 10.9. The minimum Gasteiger partial charge on any atom is -0.493 e. The van der Waals surface area contributed by atoms with Gasteiger partial charge in [-0.05, 0) is 79.9 Å². The molecule has 2 aromatic carbocycles. The summed E-state index contributed by atoms with van der Waals surface area (Å²) in [6.07, 6.45) is 5.75. The second-order valence-electron chi connectivity index (χ2n) is 8.18. The van der Waals surface area contributed by atoms with Gasteiger partial charge in [0.1, 0.15) is 0 Å². The van der Waals surface area contributed by atoms with Crippen molar-refractivity contribution >= 4 is 0 Å². The fourth-order valence-corrected chi connectivity index (χ4v) is 4.78. The third-order valence-electron chi connectivity index (χ3n) is 6.47. The molecule has 1 unspecified atom stereocenters. The predicted octanol–water partition coefficient (Wildman–Crippen LogP) is 4.98. The highest BCUT2D eigenvalue weighted by molar-refractivity contribution is 5.48. The summed E-state index contributed by atoms with van der Waals surface area (Å²) in [5.41, 5.74) is 4.11. The second kappa shape index (κ2) is 9.64. The van der Waals surface area contributed by atoms with Gasteiger partial charge in [-0.1, -0.05) is 30.3 Å². The molecule has 2 aromatic rings. The predicted molar refractivity (Wildman–Crippen MR) is 116 cm³/mol. The van der Waals surface area contributed by atoms with Gasteiger partial charge >= 0.3 is 0 Å². The molecule has 29 heavy (non-hydrogen) atoms. The molecule has 1 fully saturated rings. The summed E-state index contributed by atoms with van der Waals surface area (Å²) in [5, 5.41) is 0. The molecule has 1 atom stereocenters. The Morgan fingerprint density at radius 3 is 2.45 bits per heavy atom. The summed E-state index contributed by atoms with van der Waals surface area (Å²) in [7, 11) is 3.40. The number of benzene rings is 2. The lowest BCUT2D eigenvalue weighted by atomic mass is 9.89. The van der Waals surface area contributed by atoms with E-state index in [1.807, 2.05) is 0 Å². The van der Waals surface area contributed by atoms with Crippen LogP contribution in [-0.4, -0.2) is 45.4 Å². The van der Waals surface area contributed by atoms with Crippen LogP contribution in [0.4, 0.5) is 0 Å². The Bertz CT molecular complexity index is 784. The standard InChI is InChI=1S/C25H33NO3/c1-27-24-17-21-9-6-16-29-23(22(21)18-25(24)28-2)12-15-26-13-10-20(11-14-26)19-7-4-3-5-8-19/h3-5,7-8,17-18,20,23H,6,9-16H2,1-2H3. The maximum absolute atomic E-state index is 6.26. The van der Waals surface area contributed by atoms with Crippen LogP contribution >= 0.6 is 0 Å². The lowest BCUT2D eigenvalue weighted by Crippen LogP contribution is -2.34. The molecular formula is C25H33NO3. The Hall–Kier alpha value is -2.04. The SMILES string of the molecule is COc1cc2c(cc1OC)C(CCN1CCC(c3ccccc3)CC1)OCCC2. The van der Waals surface area contributed by atoms with Gasteiger partial charge in [-0.25, -0.2) is 0 Å². The number of fused-ring (bicyclic) bond motifs is 1. The van der Waals surface area contributed by atoms with Crippen LogP contribution in [0.5, 0.6) is 11.5 Å². The van der Waals surface area contributed by atoms with E-state index in [0.717, 1.165) is 43.9 Å². The molecule has 0 aliphatic carbocycles. The van der Waals surface area contributed by atoms with Crippen molar-refractivity contribution in [3.8, 4) is 11.5 Å². The van der Waals surface area contributed by atoms with Gasteiger partial charge in [0.15, 0.2) is 11.5 Å². The molecule has 0 bridgehead atoms. The number of aryl methyl sites for hydroxylation is 1. The minimum atomic E-state index is 0.138. The first-order chi connectivity index (χ1) is 14.3. The number of piperidine rings is 1. The molecule has 0 aromatic heterocycles. The molecule has 0 spiro atoms. The van der Waals surface area contributed by atoms with Crippen LogP contribution in [-0.2, 0) is 11.2 Å². The van der Waals surface area contributed by atoms with E-state index in [2.05, 4.69) is 47.4 Å². The van der Waals surface area contributed by atoms with Gasteiger partial charge in [-0.3, -0.25) is 0 Å². The third kappa shape index (κ3) is 4.76. The van der Waals surface area contributed by atoms with Crippen LogP contribution in [0, 0.1) is 0 Å². The van der Waals surface area contributed by atoms with E-state index in [1.165, 1.54) is 42.6 Å². The van der Waals surface area contributed by atoms with Gasteiger partial charge in [0.05, 0.1) is 20.3 Å². The van der Waals surface area contributed by atoms with Crippen LogP contribution in [0.25, 0.3) is 0 Å². The summed E-state index contributed by atoms with van der Waals surface area (Å²) < 4.78 is 17.3. The van der Waals surface area contributed by atoms with Crippen LogP contribution < -0.4 is 9.47 Å². The van der Waals surface area contributed by atoms with Crippen LogP contribution in [0.3, 0.4) is 0 Å². The van der Waals surface area contributed by atoms with E-state index in [4.69, 9.17) is 14.2 Å². The molecule has 2 aliphatic rings. The van der Waals surface area contributed by atoms with Crippen molar-refractivity contribution in [2.24, 2.45) is 0 Å². The molecule has 4 nitrogen and oxygen atoms in total. The Labute approximate surface area is 174 Å². The highest BCUT2D eigenvalue weighted by atomic mass is 16.5. The molecule has 4 rings (SSSR count). The molecule has 0 N–H and O–H groups in total. The molecule has 0 saturated carbocycles. The van der Waals surface area contributed by atoms with Gasteiger partial charge in [0, 0.05) is 13.2 Å². The minimum absolute atomic E-state index is 0.138. The average molecular weight is 396 g/mol. The van der Waals surface area contributed by atoms with Gasteiger partial charge in [0.25, 0.3) is 0 Å². The maximum Gasteiger partial charge on any atom is 0.161 e. The number of hydrogen-bond acceptors (Lipinski definition) is 4. The van der Waals surface area contributed by atoms with E-state index in [-0.39, 0.29) is 6.10 Å². The Morgan fingerprint density at radius 1 is 1.00 bits per heavy atom. The summed E-state index contributed by atoms with van der Waals surface area (Å²) in [6.45, 7) is 4.25. The van der Waals surface area contributed by atoms with Crippen molar-refractivity contribution in [3.63, 3.8) is 0 Å². The topological polar surface area (TPSA) is 30.9 Å². The molecule has 4 heteroatoms. The lowest BCUT2D eigenvalue weighted by molar-refractivity contribution is 0.0402. The van der Waals surface area contributed by atoms with Crippen molar-refractivity contribution in [2.45, 2.75) is 44.1 Å². The van der Waals surface area contributed by atoms with E-state index in [1.54, 1.807) is 14.2 Å². The average Bonchev–Trinajstić information content (AvgIpc) is 2.99. The van der Waals surface area contributed by atoms with E-state index < -0.39 is 0 Å². The van der Waals surface area contributed by atoms with Crippen molar-refractivity contribution in [3.05, 3.63) is 59.2 Å². The zero-order valence-electron chi connectivity index (χ0n) is 17.7. The summed E-state index contributed by atoms with van der Waals surface area (Å²) in [6, 6.07) is 15.2. The largest absolute Gasteiger partial charge is 0.493 e. The van der Waals surface area contributed by atoms with Crippen LogP contribution in [0.2, 0.25) is 0 Å². The quantitative estimate of drug-likeness (QED) is 0.690. The molecule has 156 valence electrons. The van der Waals surface area contributed by atoms with E-state index in [0.29, 0.717) is 5.92 Å². The van der Waals surface area contributed by atoms with Crippen molar-refractivity contribution in [2.75, 3.05) is 40.5 Å². The molecule has 0 radical (unpaired) electrons. The van der Waals surface area contributed by atoms with Gasteiger partial charge in [-0.2, -0.15) is 0 Å². The van der Waals surface area contributed by atoms with Gasteiger partial charge in [-0.15, -0.1) is 0 Å². The Morgan fingerprint density at radius 2 is 1.72 bits per heavy atom. The fraction of sp³-hybridized carbons (Fsp3) is 0.520. The van der Waals surface area contributed by atoms with Gasteiger partial charge in [0.2, 0.25) is 0 Å². The Balaban J connectivity index is 1.38. The first-order valence-corrected chi connectivity index (χ1v) is 10.9. The number of hydrogen-bond donors (Lipinski definition) is 0. The van der Waals surface area contributed by atoms with E-state index >= 15 is 0 Å². The molecule has 0 amide bonds. The van der Waals surface area contributed by atoms with Crippen molar-refractivity contribution in [1.29, 1.82) is 0 Å². The maximum atomic E-state index is 6.26. The third-order valence-corrected chi connectivity index (χ3v) is 6.47. The number of nitrogens with zero attached hydrogens (tertiary/aromatic N) is 1. The normalized spacial score (nSPS) is 20.7. The van der Waals surface area contributed by atoms with Crippen molar-refractivity contribution < 1.29 is 14.2 Å². The first kappa shape index (κ1) is 20.2. The summed E-state index contributed by atoms with van der Waals surface area (Å²) in [5.74, 6) is 2.32. The van der Waals surface area contributed by atoms with Crippen LogP contribution in [0.1, 0.15) is 54.4 Å². The Kier molecular flexibility index (Phi) is 6.73. The monoisotopic (exact) mass is 395 g/mol. The van der Waals surface area contributed by atoms with E-state index in [9.17, 15) is 0 Å². The molecule has 2 aliphatic heterocycles. The summed E-state index contributed by atoms with van der Waals surface area (Å²) in [4.78, 5) is 2.61. The highest BCUT2D eigenvalue weighted by Crippen LogP contribution is 2.38. The van der Waals surface area contributed by atoms with Crippen LogP contribution in [0.15, 0.2) is 42.5 Å². The molecular weight excluding hydrogens is 362 g/mol.